The van der Waals surface area contributed by atoms with Gasteiger partial charge in [-0.05, 0) is 44.7 Å². The number of likely N-dealkylation sites (tertiary alicyclic amines) is 1. The molecule has 0 spiro atoms. The highest BCUT2D eigenvalue weighted by Gasteiger charge is 2.34. The van der Waals surface area contributed by atoms with E-state index in [-0.39, 0.29) is 12.5 Å². The number of para-hydroxylation sites is 1. The van der Waals surface area contributed by atoms with Crippen LogP contribution in [-0.2, 0) is 11.3 Å². The van der Waals surface area contributed by atoms with Crippen LogP contribution in [0.3, 0.4) is 0 Å². The number of aryl methyl sites for hydroxylation is 3. The third-order valence-electron chi connectivity index (χ3n) is 5.18. The Kier molecular flexibility index (Phi) is 5.32. The van der Waals surface area contributed by atoms with Crippen LogP contribution in [0.15, 0.2) is 30.6 Å². The molecule has 1 aliphatic heterocycles. The lowest BCUT2D eigenvalue weighted by Crippen LogP contribution is -2.49. The van der Waals surface area contributed by atoms with Crippen molar-refractivity contribution in [1.29, 1.82) is 0 Å². The molecule has 0 bridgehead atoms. The van der Waals surface area contributed by atoms with Crippen molar-refractivity contribution in [1.82, 2.24) is 14.5 Å². The first-order valence-corrected chi connectivity index (χ1v) is 9.05. The van der Waals surface area contributed by atoms with Gasteiger partial charge >= 0.3 is 0 Å². The van der Waals surface area contributed by atoms with Crippen LogP contribution in [-0.4, -0.2) is 50.8 Å². The van der Waals surface area contributed by atoms with Crippen LogP contribution < -0.4 is 4.74 Å². The molecule has 0 atom stereocenters. The number of hydrogen-bond donors (Lipinski definition) is 1. The molecule has 1 amide bonds. The number of carbonyl (C=O) groups is 1. The van der Waals surface area contributed by atoms with Gasteiger partial charge in [-0.25, -0.2) is 4.98 Å². The molecule has 0 saturated carbocycles. The number of amides is 1. The van der Waals surface area contributed by atoms with Crippen LogP contribution in [0, 0.1) is 20.8 Å². The molecule has 3 rings (SSSR count). The lowest BCUT2D eigenvalue weighted by molar-refractivity contribution is -0.138. The predicted molar refractivity (Wildman–Crippen MR) is 99.1 cm³/mol. The second-order valence-electron chi connectivity index (χ2n) is 7.22. The third-order valence-corrected chi connectivity index (χ3v) is 5.18. The molecule has 2 heterocycles. The minimum absolute atomic E-state index is 0.0325. The van der Waals surface area contributed by atoms with Crippen LogP contribution in [0.2, 0.25) is 0 Å². The van der Waals surface area contributed by atoms with E-state index in [1.54, 1.807) is 11.1 Å². The molecule has 140 valence electrons. The predicted octanol–water partition coefficient (Wildman–Crippen LogP) is 2.24. The summed E-state index contributed by atoms with van der Waals surface area (Å²) in [6.45, 7) is 7.51. The summed E-state index contributed by atoms with van der Waals surface area (Å²) in [7, 11) is 0. The molecular formula is C20H27N3O3. The van der Waals surface area contributed by atoms with Gasteiger partial charge in [-0.15, -0.1) is 0 Å². The van der Waals surface area contributed by atoms with Crippen molar-refractivity contribution in [2.24, 2.45) is 0 Å². The number of nitrogens with zero attached hydrogens (tertiary/aromatic N) is 3. The summed E-state index contributed by atoms with van der Waals surface area (Å²) in [5.41, 5.74) is 1.26. The zero-order valence-corrected chi connectivity index (χ0v) is 15.7. The molecule has 0 aliphatic carbocycles. The van der Waals surface area contributed by atoms with E-state index in [4.69, 9.17) is 4.74 Å². The molecule has 6 nitrogen and oxygen atoms in total. The number of ether oxygens (including phenoxy) is 1. The zero-order valence-electron chi connectivity index (χ0n) is 15.7. The standard InChI is InChI=1S/C20H27N3O3/c1-15-5-4-6-16(2)19(15)26-13-18(24)22-10-7-20(25,8-11-22)14-23-12-9-21-17(23)3/h4-6,9,12,25H,7-8,10-11,13-14H2,1-3H3. The van der Waals surface area contributed by atoms with E-state index < -0.39 is 5.60 Å². The number of aromatic nitrogens is 2. The Balaban J connectivity index is 1.53. The SMILES string of the molecule is Cc1cccc(C)c1OCC(=O)N1CCC(O)(Cn2ccnc2C)CC1. The summed E-state index contributed by atoms with van der Waals surface area (Å²) in [5, 5.41) is 10.8. The maximum absolute atomic E-state index is 12.5. The minimum atomic E-state index is -0.796. The van der Waals surface area contributed by atoms with E-state index in [9.17, 15) is 9.90 Å². The van der Waals surface area contributed by atoms with E-state index in [0.29, 0.717) is 32.5 Å². The maximum Gasteiger partial charge on any atom is 0.260 e. The van der Waals surface area contributed by atoms with Crippen molar-refractivity contribution >= 4 is 5.91 Å². The summed E-state index contributed by atoms with van der Waals surface area (Å²) in [4.78, 5) is 18.5. The van der Waals surface area contributed by atoms with E-state index >= 15 is 0 Å². The quantitative estimate of drug-likeness (QED) is 0.891. The average Bonchev–Trinajstić information content (AvgIpc) is 2.99. The van der Waals surface area contributed by atoms with Gasteiger partial charge in [-0.3, -0.25) is 4.79 Å². The van der Waals surface area contributed by atoms with E-state index in [1.165, 1.54) is 0 Å². The van der Waals surface area contributed by atoms with E-state index in [1.807, 2.05) is 49.7 Å². The van der Waals surface area contributed by atoms with Crippen LogP contribution in [0.25, 0.3) is 0 Å². The second kappa shape index (κ2) is 7.50. The van der Waals surface area contributed by atoms with Crippen molar-refractivity contribution in [3.63, 3.8) is 0 Å². The number of benzene rings is 1. The fourth-order valence-electron chi connectivity index (χ4n) is 3.47. The van der Waals surface area contributed by atoms with Crippen molar-refractivity contribution in [2.75, 3.05) is 19.7 Å². The van der Waals surface area contributed by atoms with Gasteiger partial charge in [0.05, 0.1) is 12.1 Å². The molecule has 0 radical (unpaired) electrons. The van der Waals surface area contributed by atoms with Gasteiger partial charge in [0.2, 0.25) is 0 Å². The Hall–Kier alpha value is -2.34. The highest BCUT2D eigenvalue weighted by Crippen LogP contribution is 2.26. The average molecular weight is 357 g/mol. The van der Waals surface area contributed by atoms with Crippen LogP contribution >= 0.6 is 0 Å². The second-order valence-corrected chi connectivity index (χ2v) is 7.22. The third kappa shape index (κ3) is 4.07. The first-order chi connectivity index (χ1) is 12.4. The molecule has 1 fully saturated rings. The number of rotatable bonds is 5. The normalized spacial score (nSPS) is 16.5. The molecule has 2 aromatic rings. The van der Waals surface area contributed by atoms with Gasteiger partial charge < -0.3 is 19.3 Å². The van der Waals surface area contributed by atoms with Crippen molar-refractivity contribution < 1.29 is 14.6 Å². The molecular weight excluding hydrogens is 330 g/mol. The highest BCUT2D eigenvalue weighted by atomic mass is 16.5. The molecule has 1 aliphatic rings. The van der Waals surface area contributed by atoms with Gasteiger partial charge in [0.1, 0.15) is 11.6 Å². The van der Waals surface area contributed by atoms with Gasteiger partial charge in [-0.2, -0.15) is 0 Å². The molecule has 1 N–H and O–H groups in total. The molecule has 1 saturated heterocycles. The topological polar surface area (TPSA) is 67.6 Å². The molecule has 6 heteroatoms. The van der Waals surface area contributed by atoms with Crippen molar-refractivity contribution in [3.8, 4) is 5.75 Å². The highest BCUT2D eigenvalue weighted by molar-refractivity contribution is 5.78. The van der Waals surface area contributed by atoms with Crippen molar-refractivity contribution in [2.45, 2.75) is 45.8 Å². The largest absolute Gasteiger partial charge is 0.483 e. The summed E-state index contributed by atoms with van der Waals surface area (Å²) < 4.78 is 7.73. The van der Waals surface area contributed by atoms with Gasteiger partial charge in [0, 0.05) is 25.5 Å². The van der Waals surface area contributed by atoms with E-state index in [0.717, 1.165) is 22.7 Å². The summed E-state index contributed by atoms with van der Waals surface area (Å²) >= 11 is 0. The molecule has 1 aromatic carbocycles. The smallest absolute Gasteiger partial charge is 0.260 e. The Morgan fingerprint density at radius 2 is 1.88 bits per heavy atom. The number of imidazole rings is 1. The Morgan fingerprint density at radius 3 is 2.46 bits per heavy atom. The van der Waals surface area contributed by atoms with Crippen molar-refractivity contribution in [3.05, 3.63) is 47.5 Å². The molecule has 0 unspecified atom stereocenters. The number of aliphatic hydroxyl groups is 1. The number of hydrogen-bond acceptors (Lipinski definition) is 4. The monoisotopic (exact) mass is 357 g/mol. The first-order valence-electron chi connectivity index (χ1n) is 9.05. The summed E-state index contributed by atoms with van der Waals surface area (Å²) in [5.74, 6) is 1.64. The molecule has 1 aromatic heterocycles. The first kappa shape index (κ1) is 18.5. The van der Waals surface area contributed by atoms with Crippen LogP contribution in [0.5, 0.6) is 5.75 Å². The van der Waals surface area contributed by atoms with Gasteiger partial charge in [-0.1, -0.05) is 18.2 Å². The fourth-order valence-corrected chi connectivity index (χ4v) is 3.47. The minimum Gasteiger partial charge on any atom is -0.483 e. The summed E-state index contributed by atoms with van der Waals surface area (Å²) in [6, 6.07) is 5.94. The van der Waals surface area contributed by atoms with Crippen LogP contribution in [0.1, 0.15) is 29.8 Å². The van der Waals surface area contributed by atoms with Crippen LogP contribution in [0.4, 0.5) is 0 Å². The number of carbonyl (C=O) groups excluding carboxylic acids is 1. The van der Waals surface area contributed by atoms with Gasteiger partial charge in [0.25, 0.3) is 5.91 Å². The van der Waals surface area contributed by atoms with Gasteiger partial charge in [0.15, 0.2) is 6.61 Å². The Labute approximate surface area is 154 Å². The zero-order chi connectivity index (χ0) is 18.7. The number of piperidine rings is 1. The maximum atomic E-state index is 12.5. The molecule has 26 heavy (non-hydrogen) atoms. The lowest BCUT2D eigenvalue weighted by Gasteiger charge is -2.38. The van der Waals surface area contributed by atoms with E-state index in [2.05, 4.69) is 4.98 Å². The Bertz CT molecular complexity index is 756. The fraction of sp³-hybridized carbons (Fsp3) is 0.500. The lowest BCUT2D eigenvalue weighted by atomic mass is 9.91. The Morgan fingerprint density at radius 1 is 1.23 bits per heavy atom. The summed E-state index contributed by atoms with van der Waals surface area (Å²) in [6.07, 6.45) is 4.73.